The Morgan fingerprint density at radius 2 is 0.805 bits per heavy atom. The minimum Gasteiger partial charge on any atom is -0.394 e. The lowest BCUT2D eigenvalue weighted by Crippen LogP contribution is -2.70. The van der Waals surface area contributed by atoms with Gasteiger partial charge in [-0.25, -0.2) is 0 Å². The summed E-state index contributed by atoms with van der Waals surface area (Å²) in [6, 6.07) is -5.20. The molecule has 6 aliphatic heterocycles. The van der Waals surface area contributed by atoms with Crippen molar-refractivity contribution in [2.24, 2.45) is 0 Å². The molecular weight excluding hydrogens is 1190 g/mol. The molecule has 6 heterocycles. The highest BCUT2D eigenvalue weighted by molar-refractivity contribution is 5.74. The van der Waals surface area contributed by atoms with Gasteiger partial charge in [0.25, 0.3) is 0 Å². The summed E-state index contributed by atoms with van der Waals surface area (Å²) in [6.45, 7) is -5.39. The minimum atomic E-state index is -2.45. The number of ether oxygens (including phenoxy) is 12. The predicted octanol–water partition coefficient (Wildman–Crippen LogP) is -16.2. The van der Waals surface area contributed by atoms with Crippen LogP contribution in [0, 0.1) is 0 Å². The van der Waals surface area contributed by atoms with Crippen LogP contribution in [0.4, 0.5) is 0 Å². The number of carbonyl (C=O) groups excluding carboxylic acids is 3. The fraction of sp³-hybridized carbons (Fsp3) is 0.938. The molecule has 0 aromatic rings. The molecule has 0 radical (unpaired) electrons. The smallest absolute Gasteiger partial charge is 0.217 e. The van der Waals surface area contributed by atoms with Crippen molar-refractivity contribution < 1.29 is 178 Å². The zero-order chi connectivity index (χ0) is 64.6. The van der Waals surface area contributed by atoms with Crippen molar-refractivity contribution in [3.05, 3.63) is 0 Å². The van der Waals surface area contributed by atoms with E-state index in [0.717, 1.165) is 20.8 Å². The largest absolute Gasteiger partial charge is 0.394 e. The second-order valence-electron chi connectivity index (χ2n) is 21.6. The molecule has 0 aliphatic carbocycles. The minimum absolute atomic E-state index is 0.772. The number of hydrogen-bond donors (Lipinski definition) is 24. The van der Waals surface area contributed by atoms with Gasteiger partial charge in [-0.3, -0.25) is 14.4 Å². The van der Waals surface area contributed by atoms with Gasteiger partial charge in [-0.2, -0.15) is 0 Å². The van der Waals surface area contributed by atoms with E-state index in [-0.39, 0.29) is 0 Å². The standard InChI is InChI=1S/C48H83N3O36/c1-12(59)49-15(4-52)25(63)38(16(62)5-53)83-44-24(51-14(3)61)32(70)39(21(10-58)81-44)84-47-37(75)41(86-48-42(34(72)28(66)19(8-56)80-48)87-43-23(50-13(2)60)31(69)26(64)17(6-54)77-43)30(68)22(82-47)11-76-45-36(74)40(29(67)20(9-57)78-45)85-46-35(73)33(71)27(65)18(7-55)79-46/h15-48,52-58,62-75H,4-11H2,1-3H3,(H,49,59)(H,50,60)(H,51,61)/t15-,16+,17+,18+,19+,20+,21+,22+,23+,24+,25+,26+,27+,28+,29+,30+,31+,32+,33-,34-,35-,36-,37-,38+,39+,40-,41-,42-,43-,44-,45-,46+,47-,48+/m0/s1. The topological polar surface area (TPSA) is 623 Å². The summed E-state index contributed by atoms with van der Waals surface area (Å²) in [4.78, 5) is 36.9. The second kappa shape index (κ2) is 32.6. The Kier molecular flexibility index (Phi) is 27.4. The van der Waals surface area contributed by atoms with E-state index in [2.05, 4.69) is 16.0 Å². The Hall–Kier alpha value is -2.91. The van der Waals surface area contributed by atoms with Crippen LogP contribution in [0.15, 0.2) is 0 Å². The van der Waals surface area contributed by atoms with E-state index in [0.29, 0.717) is 0 Å². The van der Waals surface area contributed by atoms with Gasteiger partial charge in [-0.05, 0) is 0 Å². The maximum Gasteiger partial charge on any atom is 0.217 e. The summed E-state index contributed by atoms with van der Waals surface area (Å²) >= 11 is 0. The first-order valence-electron chi connectivity index (χ1n) is 27.5. The van der Waals surface area contributed by atoms with Gasteiger partial charge in [0, 0.05) is 20.8 Å². The normalized spacial score (nSPS) is 45.1. The van der Waals surface area contributed by atoms with Gasteiger partial charge in [0.1, 0.15) is 165 Å². The lowest BCUT2D eigenvalue weighted by molar-refractivity contribution is -0.395. The van der Waals surface area contributed by atoms with Crippen molar-refractivity contribution in [3.8, 4) is 0 Å². The zero-order valence-electron chi connectivity index (χ0n) is 46.8. The van der Waals surface area contributed by atoms with E-state index in [1.54, 1.807) is 0 Å². The molecule has 0 aromatic heterocycles. The van der Waals surface area contributed by atoms with Gasteiger partial charge >= 0.3 is 0 Å². The highest BCUT2D eigenvalue weighted by Crippen LogP contribution is 2.37. The summed E-state index contributed by atoms with van der Waals surface area (Å²) in [5, 5.41) is 235. The van der Waals surface area contributed by atoms with Gasteiger partial charge in [-0.15, -0.1) is 0 Å². The molecule has 24 N–H and O–H groups in total. The average molecular weight is 1280 g/mol. The molecule has 0 aromatic carbocycles. The number of carbonyl (C=O) groups is 3. The molecule has 6 aliphatic rings. The van der Waals surface area contributed by atoms with Crippen LogP contribution in [0.3, 0.4) is 0 Å². The molecule has 87 heavy (non-hydrogen) atoms. The van der Waals surface area contributed by atoms with E-state index in [9.17, 15) is 122 Å². The van der Waals surface area contributed by atoms with Crippen molar-refractivity contribution in [2.75, 3.05) is 52.9 Å². The summed E-state index contributed by atoms with van der Waals surface area (Å²) in [7, 11) is 0. The number of hydrogen-bond acceptors (Lipinski definition) is 36. The maximum atomic E-state index is 12.7. The molecular formula is C48H83N3O36. The molecule has 0 unspecified atom stereocenters. The predicted molar refractivity (Wildman–Crippen MR) is 269 cm³/mol. The third-order valence-corrected chi connectivity index (χ3v) is 15.4. The summed E-state index contributed by atoms with van der Waals surface area (Å²) in [5.41, 5.74) is 0. The van der Waals surface area contributed by atoms with E-state index >= 15 is 0 Å². The average Bonchev–Trinajstić information content (AvgIpc) is 1.41. The summed E-state index contributed by atoms with van der Waals surface area (Å²) < 4.78 is 69.7. The Labute approximate surface area is 493 Å². The molecule has 0 saturated carbocycles. The van der Waals surface area contributed by atoms with E-state index in [1.165, 1.54) is 0 Å². The van der Waals surface area contributed by atoms with E-state index in [4.69, 9.17) is 56.8 Å². The first-order valence-corrected chi connectivity index (χ1v) is 27.5. The molecule has 3 amide bonds. The SMILES string of the molecule is CC(=O)N[C@H]1[C@H](O[C@@H]([C@H](O)[C@H](CO)NC(C)=O)[C@H](O)CO)O[C@H](CO)[C@@H](O[C@@H]2O[C@H](CO[C@H]3O[C@H](CO)[C@@H](O)[C@H](O[C@H]4O[C@H](CO)[C@@H](O)[C@H](O)[C@@H]4O)[C@@H]3O)[C@@H](O)[C@H](O[C@H]3O[C@H](CO)[C@@H](O)[C@H](O)[C@@H]3O[C@@H]3O[C@H](CO)[C@@H](O)[C@H](O)[C@H]3NC(C)=O)[C@@H]2O)[C@@H]1O. The molecule has 6 fully saturated rings. The molecule has 6 saturated heterocycles. The second-order valence-corrected chi connectivity index (χ2v) is 21.6. The van der Waals surface area contributed by atoms with Gasteiger partial charge in [0.15, 0.2) is 37.7 Å². The number of nitrogens with one attached hydrogen (secondary N) is 3. The van der Waals surface area contributed by atoms with E-state index < -0.39 is 279 Å². The van der Waals surface area contributed by atoms with Crippen LogP contribution in [0.25, 0.3) is 0 Å². The van der Waals surface area contributed by atoms with Gasteiger partial charge in [-0.1, -0.05) is 0 Å². The van der Waals surface area contributed by atoms with Crippen LogP contribution in [-0.2, 0) is 71.2 Å². The summed E-state index contributed by atoms with van der Waals surface area (Å²) in [5.74, 6) is -2.53. The lowest BCUT2D eigenvalue weighted by atomic mass is 9.94. The third-order valence-electron chi connectivity index (χ3n) is 15.4. The van der Waals surface area contributed by atoms with Crippen molar-refractivity contribution in [1.29, 1.82) is 0 Å². The molecule has 34 atom stereocenters. The Morgan fingerprint density at radius 3 is 1.33 bits per heavy atom. The monoisotopic (exact) mass is 1280 g/mol. The highest BCUT2D eigenvalue weighted by Gasteiger charge is 2.58. The van der Waals surface area contributed by atoms with Crippen molar-refractivity contribution in [3.63, 3.8) is 0 Å². The molecule has 0 spiro atoms. The lowest BCUT2D eigenvalue weighted by Gasteiger charge is -2.50. The van der Waals surface area contributed by atoms with Gasteiger partial charge in [0.2, 0.25) is 17.7 Å². The van der Waals surface area contributed by atoms with Crippen LogP contribution in [0.5, 0.6) is 0 Å². The third kappa shape index (κ3) is 16.8. The first-order chi connectivity index (χ1) is 41.1. The first kappa shape index (κ1) is 73.1. The number of aliphatic hydroxyl groups is 21. The molecule has 39 heteroatoms. The zero-order valence-corrected chi connectivity index (χ0v) is 46.8. The number of amides is 3. The number of rotatable bonds is 26. The van der Waals surface area contributed by atoms with Crippen molar-refractivity contribution >= 4 is 17.7 Å². The van der Waals surface area contributed by atoms with Crippen LogP contribution in [0.1, 0.15) is 20.8 Å². The van der Waals surface area contributed by atoms with E-state index in [1.807, 2.05) is 0 Å². The van der Waals surface area contributed by atoms with Crippen molar-refractivity contribution in [2.45, 2.75) is 229 Å². The van der Waals surface area contributed by atoms with Crippen LogP contribution < -0.4 is 16.0 Å². The highest BCUT2D eigenvalue weighted by atomic mass is 16.8. The molecule has 506 valence electrons. The van der Waals surface area contributed by atoms with Crippen molar-refractivity contribution in [1.82, 2.24) is 16.0 Å². The molecule has 6 rings (SSSR count). The Bertz CT molecular complexity index is 2140. The Balaban J connectivity index is 1.36. The molecule has 0 bridgehead atoms. The fourth-order valence-electron chi connectivity index (χ4n) is 10.7. The fourth-order valence-corrected chi connectivity index (χ4v) is 10.7. The van der Waals surface area contributed by atoms with Gasteiger partial charge in [0.05, 0.1) is 58.9 Å². The van der Waals surface area contributed by atoms with Crippen LogP contribution >= 0.6 is 0 Å². The maximum absolute atomic E-state index is 12.7. The number of aliphatic hydroxyl groups excluding tert-OH is 21. The van der Waals surface area contributed by atoms with Crippen LogP contribution in [0.2, 0.25) is 0 Å². The summed E-state index contributed by atoms with van der Waals surface area (Å²) in [6.07, 6.45) is -63.2. The van der Waals surface area contributed by atoms with Crippen LogP contribution in [-0.4, -0.2) is 386 Å². The Morgan fingerprint density at radius 1 is 0.391 bits per heavy atom. The molecule has 39 nitrogen and oxygen atoms in total. The van der Waals surface area contributed by atoms with Gasteiger partial charge < -0.3 is 180 Å². The quantitative estimate of drug-likeness (QED) is 0.0382.